The van der Waals surface area contributed by atoms with E-state index in [1.54, 1.807) is 14.0 Å². The van der Waals surface area contributed by atoms with Crippen molar-refractivity contribution in [1.82, 2.24) is 9.80 Å². The third kappa shape index (κ3) is 3.03. The van der Waals surface area contributed by atoms with Crippen LogP contribution in [0.15, 0.2) is 12.1 Å². The van der Waals surface area contributed by atoms with E-state index < -0.39 is 0 Å². The molecule has 3 aliphatic rings. The first-order chi connectivity index (χ1) is 10.6. The minimum absolute atomic E-state index is 0.104. The van der Waals surface area contributed by atoms with Crippen LogP contribution in [0.3, 0.4) is 0 Å². The van der Waals surface area contributed by atoms with E-state index in [4.69, 9.17) is 4.74 Å². The summed E-state index contributed by atoms with van der Waals surface area (Å²) in [6.45, 7) is 4.39. The number of fused-ring (bicyclic) bond motifs is 4. The number of carbonyl (C=O) groups is 2. The van der Waals surface area contributed by atoms with Gasteiger partial charge in [-0.3, -0.25) is 9.59 Å². The summed E-state index contributed by atoms with van der Waals surface area (Å²) in [5, 5.41) is 0. The number of carbonyl (C=O) groups excluding carboxylic acids is 2. The molecule has 0 aliphatic carbocycles. The van der Waals surface area contributed by atoms with Gasteiger partial charge < -0.3 is 14.5 Å². The molecule has 3 fully saturated rings. The van der Waals surface area contributed by atoms with Crippen molar-refractivity contribution in [2.75, 3.05) is 26.7 Å². The van der Waals surface area contributed by atoms with Gasteiger partial charge >= 0.3 is 0 Å². The Labute approximate surface area is 134 Å². The Morgan fingerprint density at radius 1 is 1.27 bits per heavy atom. The molecule has 3 saturated heterocycles. The first kappa shape index (κ1) is 15.5. The number of thiophene rings is 1. The van der Waals surface area contributed by atoms with Crippen LogP contribution in [0.4, 0.5) is 0 Å². The summed E-state index contributed by atoms with van der Waals surface area (Å²) in [5.41, 5.74) is 0. The fourth-order valence-electron chi connectivity index (χ4n) is 3.44. The number of nitrogens with zero attached hydrogens (tertiary/aromatic N) is 2. The summed E-state index contributed by atoms with van der Waals surface area (Å²) < 4.78 is 5.12. The molecule has 4 heterocycles. The first-order valence-corrected chi connectivity index (χ1v) is 8.54. The molecule has 2 bridgehead atoms. The standard InChI is InChI=1S/C16H22N2O3S/c1-11(19)17-7-12-3-4-13(9-17)18(8-12)16(20)15-6-5-14(22-15)10-21-2/h5-6,12-13H,3-4,7-10H2,1-2H3/t12-,13+/m0/s1. The molecule has 2 atom stereocenters. The average molecular weight is 322 g/mol. The lowest BCUT2D eigenvalue weighted by Gasteiger charge is -2.35. The van der Waals surface area contributed by atoms with Crippen LogP contribution in [0.25, 0.3) is 0 Å². The zero-order chi connectivity index (χ0) is 15.7. The highest BCUT2D eigenvalue weighted by Crippen LogP contribution is 2.30. The number of ether oxygens (including phenoxy) is 1. The van der Waals surface area contributed by atoms with Gasteiger partial charge in [0.15, 0.2) is 0 Å². The molecule has 6 heteroatoms. The molecule has 1 aromatic heterocycles. The lowest BCUT2D eigenvalue weighted by Crippen LogP contribution is -2.47. The molecule has 0 radical (unpaired) electrons. The molecule has 3 aliphatic heterocycles. The van der Waals surface area contributed by atoms with Crippen LogP contribution in [-0.2, 0) is 16.1 Å². The molecule has 0 aromatic carbocycles. The minimum atomic E-state index is 0.104. The quantitative estimate of drug-likeness (QED) is 0.855. The van der Waals surface area contributed by atoms with Gasteiger partial charge in [-0.25, -0.2) is 0 Å². The lowest BCUT2D eigenvalue weighted by atomic mass is 9.95. The molecule has 1 aromatic rings. The van der Waals surface area contributed by atoms with Gasteiger partial charge in [-0.1, -0.05) is 0 Å². The van der Waals surface area contributed by atoms with Crippen molar-refractivity contribution in [3.05, 3.63) is 21.9 Å². The van der Waals surface area contributed by atoms with E-state index in [0.29, 0.717) is 19.1 Å². The predicted octanol–water partition coefficient (Wildman–Crippen LogP) is 1.98. The van der Waals surface area contributed by atoms with Gasteiger partial charge in [0.1, 0.15) is 0 Å². The third-order valence-corrected chi connectivity index (χ3v) is 5.63. The predicted molar refractivity (Wildman–Crippen MR) is 84.8 cm³/mol. The molecule has 120 valence electrons. The molecule has 4 rings (SSSR count). The van der Waals surface area contributed by atoms with Crippen molar-refractivity contribution in [3.8, 4) is 0 Å². The van der Waals surface area contributed by atoms with Crippen LogP contribution in [0.5, 0.6) is 0 Å². The van der Waals surface area contributed by atoms with Crippen LogP contribution >= 0.6 is 11.3 Å². The number of piperidine rings is 1. The van der Waals surface area contributed by atoms with Gasteiger partial charge in [0.05, 0.1) is 11.5 Å². The van der Waals surface area contributed by atoms with E-state index in [1.165, 1.54) is 11.3 Å². The third-order valence-electron chi connectivity index (χ3n) is 4.58. The van der Waals surface area contributed by atoms with Crippen LogP contribution in [0.1, 0.15) is 34.3 Å². The Hall–Kier alpha value is -1.40. The molecule has 22 heavy (non-hydrogen) atoms. The van der Waals surface area contributed by atoms with Crippen LogP contribution < -0.4 is 0 Å². The molecular formula is C16H22N2O3S. The number of hydrogen-bond acceptors (Lipinski definition) is 4. The van der Waals surface area contributed by atoms with Gasteiger partial charge in [-0.2, -0.15) is 0 Å². The number of hydrogen-bond donors (Lipinski definition) is 0. The van der Waals surface area contributed by atoms with E-state index in [0.717, 1.165) is 35.7 Å². The zero-order valence-corrected chi connectivity index (χ0v) is 13.9. The van der Waals surface area contributed by atoms with Crippen LogP contribution in [-0.4, -0.2) is 54.4 Å². The van der Waals surface area contributed by atoms with Crippen molar-refractivity contribution in [3.63, 3.8) is 0 Å². The Kier molecular flexibility index (Phi) is 4.49. The zero-order valence-electron chi connectivity index (χ0n) is 13.1. The Balaban J connectivity index is 1.76. The van der Waals surface area contributed by atoms with E-state index >= 15 is 0 Å². The summed E-state index contributed by atoms with van der Waals surface area (Å²) in [7, 11) is 1.66. The minimum Gasteiger partial charge on any atom is -0.379 e. The summed E-state index contributed by atoms with van der Waals surface area (Å²) >= 11 is 1.50. The molecule has 0 unspecified atom stereocenters. The fraction of sp³-hybridized carbons (Fsp3) is 0.625. The summed E-state index contributed by atoms with van der Waals surface area (Å²) in [4.78, 5) is 30.3. The van der Waals surface area contributed by atoms with Gasteiger partial charge in [-0.05, 0) is 30.9 Å². The monoisotopic (exact) mass is 322 g/mol. The van der Waals surface area contributed by atoms with Gasteiger partial charge in [0.2, 0.25) is 5.91 Å². The number of methoxy groups -OCH3 is 1. The van der Waals surface area contributed by atoms with E-state index in [1.807, 2.05) is 21.9 Å². The Morgan fingerprint density at radius 2 is 2.09 bits per heavy atom. The van der Waals surface area contributed by atoms with Crippen LogP contribution in [0.2, 0.25) is 0 Å². The smallest absolute Gasteiger partial charge is 0.264 e. The second-order valence-electron chi connectivity index (χ2n) is 6.18. The van der Waals surface area contributed by atoms with E-state index in [9.17, 15) is 9.59 Å². The SMILES string of the molecule is COCc1ccc(C(=O)N2C[C@H]3CC[C@@H]2CN(C(C)=O)C3)s1. The van der Waals surface area contributed by atoms with E-state index in [2.05, 4.69) is 0 Å². The Morgan fingerprint density at radius 3 is 2.82 bits per heavy atom. The second-order valence-corrected chi connectivity index (χ2v) is 7.35. The fourth-order valence-corrected chi connectivity index (χ4v) is 4.38. The second kappa shape index (κ2) is 6.38. The highest BCUT2D eigenvalue weighted by atomic mass is 32.1. The molecule has 2 amide bonds. The molecule has 0 saturated carbocycles. The van der Waals surface area contributed by atoms with Crippen molar-refractivity contribution in [1.29, 1.82) is 0 Å². The topological polar surface area (TPSA) is 49.9 Å². The van der Waals surface area contributed by atoms with E-state index in [-0.39, 0.29) is 17.9 Å². The summed E-state index contributed by atoms with van der Waals surface area (Å²) in [5.74, 6) is 0.627. The maximum Gasteiger partial charge on any atom is 0.264 e. The maximum atomic E-state index is 12.8. The maximum absolute atomic E-state index is 12.8. The molecule has 0 N–H and O–H groups in total. The highest BCUT2D eigenvalue weighted by molar-refractivity contribution is 7.14. The van der Waals surface area contributed by atoms with Crippen molar-refractivity contribution >= 4 is 23.2 Å². The summed E-state index contributed by atoms with van der Waals surface area (Å²) in [6.07, 6.45) is 2.11. The van der Waals surface area contributed by atoms with Crippen molar-refractivity contribution in [2.45, 2.75) is 32.4 Å². The first-order valence-electron chi connectivity index (χ1n) is 7.72. The molecule has 5 nitrogen and oxygen atoms in total. The van der Waals surface area contributed by atoms with Crippen LogP contribution in [0, 0.1) is 5.92 Å². The van der Waals surface area contributed by atoms with Gasteiger partial charge in [-0.15, -0.1) is 11.3 Å². The van der Waals surface area contributed by atoms with Gasteiger partial charge in [0, 0.05) is 44.6 Å². The van der Waals surface area contributed by atoms with Crippen molar-refractivity contribution < 1.29 is 14.3 Å². The van der Waals surface area contributed by atoms with Gasteiger partial charge in [0.25, 0.3) is 5.91 Å². The average Bonchev–Trinajstić information content (AvgIpc) is 2.76. The normalized spacial score (nSPS) is 24.5. The van der Waals surface area contributed by atoms with Crippen molar-refractivity contribution in [2.24, 2.45) is 5.92 Å². The number of amides is 2. The summed E-state index contributed by atoms with van der Waals surface area (Å²) in [6, 6.07) is 4.00. The number of rotatable bonds is 3. The largest absolute Gasteiger partial charge is 0.379 e. The highest BCUT2D eigenvalue weighted by Gasteiger charge is 2.38. The molecular weight excluding hydrogens is 300 g/mol. The lowest BCUT2D eigenvalue weighted by molar-refractivity contribution is -0.129. The Bertz CT molecular complexity index is 571. The molecule has 0 spiro atoms.